The van der Waals surface area contributed by atoms with E-state index in [9.17, 15) is 15.0 Å². The molecule has 0 aromatic carbocycles. The van der Waals surface area contributed by atoms with Gasteiger partial charge in [0.2, 0.25) is 5.88 Å². The van der Waals surface area contributed by atoms with E-state index in [1.165, 1.54) is 7.11 Å². The molecule has 22 heavy (non-hydrogen) atoms. The van der Waals surface area contributed by atoms with Crippen LogP contribution in [0.2, 0.25) is 0 Å². The van der Waals surface area contributed by atoms with E-state index in [-0.39, 0.29) is 19.1 Å². The number of aliphatic hydroxyl groups excluding tert-OH is 1. The van der Waals surface area contributed by atoms with E-state index >= 15 is 0 Å². The van der Waals surface area contributed by atoms with Crippen molar-refractivity contribution in [2.75, 3.05) is 26.8 Å². The van der Waals surface area contributed by atoms with Gasteiger partial charge in [0.05, 0.1) is 20.3 Å². The Balaban J connectivity index is 1.88. The van der Waals surface area contributed by atoms with Gasteiger partial charge in [0, 0.05) is 12.2 Å². The van der Waals surface area contributed by atoms with Crippen LogP contribution < -0.4 is 4.74 Å². The van der Waals surface area contributed by atoms with Gasteiger partial charge in [-0.1, -0.05) is 0 Å². The van der Waals surface area contributed by atoms with E-state index in [0.29, 0.717) is 30.8 Å². The van der Waals surface area contributed by atoms with E-state index in [0.717, 1.165) is 30.5 Å². The highest BCUT2D eigenvalue weighted by Crippen LogP contribution is 2.29. The molecule has 0 spiro atoms. The van der Waals surface area contributed by atoms with Crippen LogP contribution in [0.1, 0.15) is 40.9 Å². The fraction of sp³-hybridized carbons (Fsp3) is 0.625. The fourth-order valence-corrected chi connectivity index (χ4v) is 3.35. The smallest absolute Gasteiger partial charge is 0.259 e. The van der Waals surface area contributed by atoms with Gasteiger partial charge in [-0.15, -0.1) is 0 Å². The lowest BCUT2D eigenvalue weighted by atomic mass is 9.93. The number of rotatable bonds is 3. The molecular formula is C16H22N2O4. The minimum absolute atomic E-state index is 0.141. The first kappa shape index (κ1) is 15.2. The molecule has 1 aliphatic heterocycles. The lowest BCUT2D eigenvalue weighted by molar-refractivity contribution is -0.0598. The van der Waals surface area contributed by atoms with Crippen LogP contribution in [-0.2, 0) is 12.8 Å². The second-order valence-corrected chi connectivity index (χ2v) is 6.22. The number of likely N-dealkylation sites (tertiary alicyclic amines) is 1. The first-order valence-electron chi connectivity index (χ1n) is 7.75. The normalized spacial score (nSPS) is 24.2. The molecule has 120 valence electrons. The van der Waals surface area contributed by atoms with Gasteiger partial charge in [0.25, 0.3) is 5.91 Å². The molecular weight excluding hydrogens is 284 g/mol. The summed E-state index contributed by atoms with van der Waals surface area (Å²) in [6.45, 7) is 0.375. The molecule has 1 aliphatic carbocycles. The van der Waals surface area contributed by atoms with Gasteiger partial charge in [-0.25, -0.2) is 4.98 Å². The molecule has 2 N–H and O–H groups in total. The predicted molar refractivity (Wildman–Crippen MR) is 80.0 cm³/mol. The van der Waals surface area contributed by atoms with E-state index in [1.807, 2.05) is 6.07 Å². The SMILES string of the molecule is COc1nc2c(cc1C(=O)N1CCC[C@](O)(CO)C1)CCC2. The van der Waals surface area contributed by atoms with Gasteiger partial charge in [0.1, 0.15) is 11.2 Å². The van der Waals surface area contributed by atoms with E-state index < -0.39 is 5.60 Å². The van der Waals surface area contributed by atoms with Gasteiger partial charge in [-0.2, -0.15) is 0 Å². The third-order valence-electron chi connectivity index (χ3n) is 4.58. The summed E-state index contributed by atoms with van der Waals surface area (Å²) in [4.78, 5) is 18.8. The summed E-state index contributed by atoms with van der Waals surface area (Å²) in [5.74, 6) is 0.161. The van der Waals surface area contributed by atoms with Crippen LogP contribution in [0.4, 0.5) is 0 Å². The van der Waals surface area contributed by atoms with Crippen molar-refractivity contribution in [3.63, 3.8) is 0 Å². The van der Waals surface area contributed by atoms with Crippen molar-refractivity contribution >= 4 is 5.91 Å². The highest BCUT2D eigenvalue weighted by molar-refractivity contribution is 5.96. The van der Waals surface area contributed by atoms with Crippen LogP contribution in [0.25, 0.3) is 0 Å². The predicted octanol–water partition coefficient (Wildman–Crippen LogP) is 0.538. The van der Waals surface area contributed by atoms with E-state index in [4.69, 9.17) is 4.74 Å². The number of nitrogens with zero attached hydrogens (tertiary/aromatic N) is 2. The number of hydrogen-bond donors (Lipinski definition) is 2. The highest BCUT2D eigenvalue weighted by atomic mass is 16.5. The molecule has 3 rings (SSSR count). The van der Waals surface area contributed by atoms with Crippen molar-refractivity contribution < 1.29 is 19.7 Å². The number of pyridine rings is 1. The summed E-state index contributed by atoms with van der Waals surface area (Å²) >= 11 is 0. The molecule has 0 bridgehead atoms. The van der Waals surface area contributed by atoms with Crippen LogP contribution in [0.5, 0.6) is 5.88 Å². The summed E-state index contributed by atoms with van der Waals surface area (Å²) < 4.78 is 5.29. The number of aromatic nitrogens is 1. The molecule has 2 heterocycles. The summed E-state index contributed by atoms with van der Waals surface area (Å²) in [6.07, 6.45) is 4.09. The minimum Gasteiger partial charge on any atom is -0.480 e. The van der Waals surface area contributed by atoms with Crippen molar-refractivity contribution in [3.05, 3.63) is 22.9 Å². The fourth-order valence-electron chi connectivity index (χ4n) is 3.35. The third kappa shape index (κ3) is 2.68. The first-order valence-corrected chi connectivity index (χ1v) is 7.75. The second-order valence-electron chi connectivity index (χ2n) is 6.22. The Bertz CT molecular complexity index is 590. The number of ether oxygens (including phenoxy) is 1. The Morgan fingerprint density at radius 3 is 3.00 bits per heavy atom. The van der Waals surface area contributed by atoms with Crippen LogP contribution in [0.15, 0.2) is 6.07 Å². The molecule has 0 saturated carbocycles. The monoisotopic (exact) mass is 306 g/mol. The number of carbonyl (C=O) groups excluding carboxylic acids is 1. The topological polar surface area (TPSA) is 82.9 Å². The number of amides is 1. The van der Waals surface area contributed by atoms with E-state index in [1.54, 1.807) is 4.90 Å². The summed E-state index contributed by atoms with van der Waals surface area (Å²) in [7, 11) is 1.51. The van der Waals surface area contributed by atoms with Gasteiger partial charge in [-0.05, 0) is 43.7 Å². The average molecular weight is 306 g/mol. The summed E-state index contributed by atoms with van der Waals surface area (Å²) in [5, 5.41) is 19.6. The third-order valence-corrected chi connectivity index (χ3v) is 4.58. The lowest BCUT2D eigenvalue weighted by Crippen LogP contribution is -2.52. The molecule has 1 aromatic heterocycles. The quantitative estimate of drug-likeness (QED) is 0.851. The molecule has 1 atom stereocenters. The van der Waals surface area contributed by atoms with Crippen LogP contribution in [-0.4, -0.2) is 58.4 Å². The summed E-state index contributed by atoms with van der Waals surface area (Å²) in [6, 6.07) is 1.88. The van der Waals surface area contributed by atoms with Gasteiger partial charge in [-0.3, -0.25) is 4.79 Å². The van der Waals surface area contributed by atoms with Crippen molar-refractivity contribution in [1.29, 1.82) is 0 Å². The molecule has 1 aromatic rings. The van der Waals surface area contributed by atoms with Crippen LogP contribution in [0.3, 0.4) is 0 Å². The van der Waals surface area contributed by atoms with Crippen molar-refractivity contribution in [2.24, 2.45) is 0 Å². The zero-order valence-corrected chi connectivity index (χ0v) is 12.8. The molecule has 6 nitrogen and oxygen atoms in total. The molecule has 1 fully saturated rings. The number of fused-ring (bicyclic) bond motifs is 1. The second kappa shape index (κ2) is 5.85. The zero-order valence-electron chi connectivity index (χ0n) is 12.8. The van der Waals surface area contributed by atoms with Crippen molar-refractivity contribution in [3.8, 4) is 5.88 Å². The van der Waals surface area contributed by atoms with Gasteiger partial charge < -0.3 is 19.8 Å². The Hall–Kier alpha value is -1.66. The van der Waals surface area contributed by atoms with Crippen molar-refractivity contribution in [2.45, 2.75) is 37.7 Å². The molecule has 6 heteroatoms. The number of carbonyl (C=O) groups is 1. The van der Waals surface area contributed by atoms with Crippen LogP contribution >= 0.6 is 0 Å². The number of hydrogen-bond acceptors (Lipinski definition) is 5. The Kier molecular flexibility index (Phi) is 4.06. The molecule has 1 amide bonds. The maximum Gasteiger partial charge on any atom is 0.259 e. The summed E-state index contributed by atoms with van der Waals surface area (Å²) in [5.41, 5.74) is 1.37. The number of aryl methyl sites for hydroxylation is 2. The minimum atomic E-state index is -1.20. The molecule has 2 aliphatic rings. The molecule has 0 radical (unpaired) electrons. The first-order chi connectivity index (χ1) is 10.6. The van der Waals surface area contributed by atoms with Gasteiger partial charge in [0.15, 0.2) is 0 Å². The maximum absolute atomic E-state index is 12.8. The average Bonchev–Trinajstić information content (AvgIpc) is 3.00. The van der Waals surface area contributed by atoms with Crippen molar-refractivity contribution in [1.82, 2.24) is 9.88 Å². The van der Waals surface area contributed by atoms with Gasteiger partial charge >= 0.3 is 0 Å². The Morgan fingerprint density at radius 1 is 1.45 bits per heavy atom. The maximum atomic E-state index is 12.8. The zero-order chi connectivity index (χ0) is 15.7. The highest BCUT2D eigenvalue weighted by Gasteiger charge is 2.36. The largest absolute Gasteiger partial charge is 0.480 e. The molecule has 0 unspecified atom stereocenters. The Morgan fingerprint density at radius 2 is 2.27 bits per heavy atom. The van der Waals surface area contributed by atoms with Crippen LogP contribution in [0, 0.1) is 0 Å². The van der Waals surface area contributed by atoms with E-state index in [2.05, 4.69) is 4.98 Å². The standard InChI is InChI=1S/C16H22N2O4/c1-22-14-12(8-11-4-2-5-13(11)17-14)15(20)18-7-3-6-16(21,9-18)10-19/h8,19,21H,2-7,9-10H2,1H3/t16-/m1/s1. The lowest BCUT2D eigenvalue weighted by Gasteiger charge is -2.38. The Labute approximate surface area is 129 Å². The number of β-amino-alcohol motifs (C(OH)–C–C–N with tert-alkyl or cyclic N) is 1. The number of piperidine rings is 1. The molecule has 1 saturated heterocycles. The number of methoxy groups -OCH3 is 1. The number of aliphatic hydroxyl groups is 2.